The fourth-order valence-electron chi connectivity index (χ4n) is 2.59. The Morgan fingerprint density at radius 1 is 1.22 bits per heavy atom. The van der Waals surface area contributed by atoms with Crippen molar-refractivity contribution in [2.45, 2.75) is 31.7 Å². The van der Waals surface area contributed by atoms with Gasteiger partial charge in [-0.1, -0.05) is 28.8 Å². The van der Waals surface area contributed by atoms with Crippen LogP contribution in [0, 0.1) is 10.1 Å². The molecule has 0 radical (unpaired) electrons. The van der Waals surface area contributed by atoms with Crippen molar-refractivity contribution >= 4 is 27.4 Å². The SMILES string of the molecule is O=[N+]([O-])c1c(NC2CCCC2)ncnc1Oc1ccc(Br)cc1. The number of hydrogen-bond acceptors (Lipinski definition) is 6. The van der Waals surface area contributed by atoms with Crippen molar-refractivity contribution in [3.05, 3.63) is 45.2 Å². The molecule has 0 aliphatic heterocycles. The minimum atomic E-state index is -0.508. The van der Waals surface area contributed by atoms with Crippen LogP contribution in [0.15, 0.2) is 35.1 Å². The van der Waals surface area contributed by atoms with Gasteiger partial charge >= 0.3 is 11.6 Å². The van der Waals surface area contributed by atoms with Gasteiger partial charge in [-0.25, -0.2) is 4.98 Å². The van der Waals surface area contributed by atoms with Gasteiger partial charge < -0.3 is 10.1 Å². The zero-order valence-corrected chi connectivity index (χ0v) is 13.8. The van der Waals surface area contributed by atoms with Crippen LogP contribution in [0.2, 0.25) is 0 Å². The monoisotopic (exact) mass is 378 g/mol. The number of hydrogen-bond donors (Lipinski definition) is 1. The van der Waals surface area contributed by atoms with Crippen LogP contribution in [0.1, 0.15) is 25.7 Å². The number of benzene rings is 1. The lowest BCUT2D eigenvalue weighted by atomic mass is 10.2. The highest BCUT2D eigenvalue weighted by molar-refractivity contribution is 9.10. The summed E-state index contributed by atoms with van der Waals surface area (Å²) in [6.45, 7) is 0. The molecule has 1 N–H and O–H groups in total. The molecule has 1 fully saturated rings. The van der Waals surface area contributed by atoms with E-state index in [4.69, 9.17) is 4.74 Å². The lowest BCUT2D eigenvalue weighted by Gasteiger charge is -2.13. The summed E-state index contributed by atoms with van der Waals surface area (Å²) >= 11 is 3.33. The second kappa shape index (κ2) is 6.91. The molecule has 3 rings (SSSR count). The van der Waals surface area contributed by atoms with Gasteiger partial charge in [0.2, 0.25) is 5.82 Å². The molecular formula is C15H15BrN4O3. The molecule has 1 aromatic carbocycles. The Labute approximate surface area is 141 Å². The molecule has 0 atom stereocenters. The van der Waals surface area contributed by atoms with Gasteiger partial charge in [0, 0.05) is 10.5 Å². The molecule has 0 bridgehead atoms. The number of rotatable bonds is 5. The van der Waals surface area contributed by atoms with Crippen LogP contribution in [0.25, 0.3) is 0 Å². The van der Waals surface area contributed by atoms with E-state index >= 15 is 0 Å². The van der Waals surface area contributed by atoms with Crippen LogP contribution in [0.5, 0.6) is 11.6 Å². The second-order valence-electron chi connectivity index (χ2n) is 5.31. The quantitative estimate of drug-likeness (QED) is 0.616. The minimum Gasteiger partial charge on any atom is -0.434 e. The largest absolute Gasteiger partial charge is 0.434 e. The van der Waals surface area contributed by atoms with Gasteiger partial charge in [-0.2, -0.15) is 4.98 Å². The predicted octanol–water partition coefficient (Wildman–Crippen LogP) is 4.29. The number of aromatic nitrogens is 2. The van der Waals surface area contributed by atoms with Crippen LogP contribution >= 0.6 is 15.9 Å². The molecule has 120 valence electrons. The zero-order chi connectivity index (χ0) is 16.2. The lowest BCUT2D eigenvalue weighted by Crippen LogP contribution is -2.17. The van der Waals surface area contributed by atoms with Gasteiger partial charge in [0.05, 0.1) is 4.92 Å². The van der Waals surface area contributed by atoms with Gasteiger partial charge in [-0.05, 0) is 37.1 Å². The fourth-order valence-corrected chi connectivity index (χ4v) is 2.85. The van der Waals surface area contributed by atoms with Crippen LogP contribution in [-0.4, -0.2) is 20.9 Å². The summed E-state index contributed by atoms with van der Waals surface area (Å²) in [7, 11) is 0. The molecule has 0 spiro atoms. The van der Waals surface area contributed by atoms with Crippen LogP contribution in [0.4, 0.5) is 11.5 Å². The Hall–Kier alpha value is -2.22. The number of halogens is 1. The highest BCUT2D eigenvalue weighted by atomic mass is 79.9. The third-order valence-electron chi connectivity index (χ3n) is 3.70. The fraction of sp³-hybridized carbons (Fsp3) is 0.333. The Bertz CT molecular complexity index is 702. The van der Waals surface area contributed by atoms with Crippen LogP contribution in [-0.2, 0) is 0 Å². The smallest absolute Gasteiger partial charge is 0.373 e. The summed E-state index contributed by atoms with van der Waals surface area (Å²) in [4.78, 5) is 18.9. The molecule has 1 aliphatic rings. The molecule has 1 aromatic heterocycles. The summed E-state index contributed by atoms with van der Waals surface area (Å²) in [6.07, 6.45) is 5.50. The number of nitro groups is 1. The molecule has 8 heteroatoms. The molecule has 0 unspecified atom stereocenters. The maximum atomic E-state index is 11.5. The summed E-state index contributed by atoms with van der Waals surface area (Å²) in [5.41, 5.74) is -0.234. The zero-order valence-electron chi connectivity index (χ0n) is 12.2. The average molecular weight is 379 g/mol. The molecule has 7 nitrogen and oxygen atoms in total. The number of nitrogens with zero attached hydrogens (tertiary/aromatic N) is 3. The first kappa shape index (κ1) is 15.7. The normalized spacial score (nSPS) is 14.7. The van der Waals surface area contributed by atoms with Gasteiger partial charge in [-0.3, -0.25) is 10.1 Å². The first-order chi connectivity index (χ1) is 11.1. The number of anilines is 1. The third-order valence-corrected chi connectivity index (χ3v) is 4.22. The van der Waals surface area contributed by atoms with Gasteiger partial charge in [-0.15, -0.1) is 0 Å². The van der Waals surface area contributed by atoms with E-state index < -0.39 is 4.92 Å². The van der Waals surface area contributed by atoms with E-state index in [1.807, 2.05) is 0 Å². The maximum absolute atomic E-state index is 11.5. The van der Waals surface area contributed by atoms with Crippen molar-refractivity contribution in [2.24, 2.45) is 0 Å². The molecule has 0 saturated heterocycles. The lowest BCUT2D eigenvalue weighted by molar-refractivity contribution is -0.385. The van der Waals surface area contributed by atoms with Crippen LogP contribution < -0.4 is 10.1 Å². The van der Waals surface area contributed by atoms with Crippen LogP contribution in [0.3, 0.4) is 0 Å². The highest BCUT2D eigenvalue weighted by Crippen LogP contribution is 2.35. The van der Waals surface area contributed by atoms with E-state index in [-0.39, 0.29) is 23.4 Å². The number of nitrogens with one attached hydrogen (secondary N) is 1. The van der Waals surface area contributed by atoms with E-state index in [0.29, 0.717) is 5.75 Å². The number of ether oxygens (including phenoxy) is 1. The predicted molar refractivity (Wildman–Crippen MR) is 88.8 cm³/mol. The van der Waals surface area contributed by atoms with Crippen molar-refractivity contribution in [1.29, 1.82) is 0 Å². The Morgan fingerprint density at radius 2 is 1.91 bits per heavy atom. The first-order valence-electron chi connectivity index (χ1n) is 7.33. The third kappa shape index (κ3) is 3.76. The van der Waals surface area contributed by atoms with E-state index in [9.17, 15) is 10.1 Å². The van der Waals surface area contributed by atoms with Gasteiger partial charge in [0.25, 0.3) is 0 Å². The second-order valence-corrected chi connectivity index (χ2v) is 6.23. The van der Waals surface area contributed by atoms with E-state index in [1.54, 1.807) is 24.3 Å². The first-order valence-corrected chi connectivity index (χ1v) is 8.12. The van der Waals surface area contributed by atoms with E-state index in [0.717, 1.165) is 30.2 Å². The standard InChI is InChI=1S/C15H15BrN4O3/c16-10-5-7-12(8-6-10)23-15-13(20(21)22)14(17-9-18-15)19-11-3-1-2-4-11/h5-9,11H,1-4H2,(H,17,18,19). The molecular weight excluding hydrogens is 364 g/mol. The average Bonchev–Trinajstić information content (AvgIpc) is 3.02. The van der Waals surface area contributed by atoms with Crippen molar-refractivity contribution < 1.29 is 9.66 Å². The van der Waals surface area contributed by atoms with Crippen molar-refractivity contribution in [3.8, 4) is 11.6 Å². The van der Waals surface area contributed by atoms with Gasteiger partial charge in [0.1, 0.15) is 12.1 Å². The topological polar surface area (TPSA) is 90.2 Å². The summed E-state index contributed by atoms with van der Waals surface area (Å²) in [5, 5.41) is 14.6. The molecule has 0 amide bonds. The minimum absolute atomic E-state index is 0.0622. The Morgan fingerprint density at radius 3 is 2.57 bits per heavy atom. The molecule has 1 aliphatic carbocycles. The van der Waals surface area contributed by atoms with E-state index in [1.165, 1.54) is 6.33 Å². The summed E-state index contributed by atoms with van der Waals surface area (Å²) < 4.78 is 6.47. The van der Waals surface area contributed by atoms with E-state index in [2.05, 4.69) is 31.2 Å². The molecule has 23 heavy (non-hydrogen) atoms. The molecule has 1 heterocycles. The Balaban J connectivity index is 1.89. The van der Waals surface area contributed by atoms with Gasteiger partial charge in [0.15, 0.2) is 0 Å². The molecule has 2 aromatic rings. The summed E-state index contributed by atoms with van der Waals surface area (Å²) in [5.74, 6) is 0.624. The van der Waals surface area contributed by atoms with Crippen molar-refractivity contribution in [2.75, 3.05) is 5.32 Å². The van der Waals surface area contributed by atoms with Crippen molar-refractivity contribution in [1.82, 2.24) is 9.97 Å². The van der Waals surface area contributed by atoms with Crippen molar-refractivity contribution in [3.63, 3.8) is 0 Å². The highest BCUT2D eigenvalue weighted by Gasteiger charge is 2.27. The molecule has 1 saturated carbocycles. The maximum Gasteiger partial charge on any atom is 0.373 e. The summed E-state index contributed by atoms with van der Waals surface area (Å²) in [6, 6.07) is 7.21. The Kier molecular flexibility index (Phi) is 4.71.